The number of benzene rings is 1. The van der Waals surface area contributed by atoms with Gasteiger partial charge in [0.05, 0.1) is 17.3 Å². The number of amides is 1. The molecule has 1 aromatic rings. The van der Waals surface area contributed by atoms with Gasteiger partial charge in [0.1, 0.15) is 0 Å². The summed E-state index contributed by atoms with van der Waals surface area (Å²) in [5.41, 5.74) is 0.685. The lowest BCUT2D eigenvalue weighted by Crippen LogP contribution is -2.34. The summed E-state index contributed by atoms with van der Waals surface area (Å²) in [6, 6.07) is 7.32. The lowest BCUT2D eigenvalue weighted by molar-refractivity contribution is -0.117. The molecule has 1 aliphatic rings. The first-order valence-electron chi connectivity index (χ1n) is 7.38. The molecule has 0 spiro atoms. The number of hydrogen-bond donors (Lipinski definition) is 1. The number of likely N-dealkylation sites (N-methyl/N-ethyl adjacent to an activating group) is 1. The molecule has 4 heteroatoms. The highest BCUT2D eigenvalue weighted by molar-refractivity contribution is 6.33. The zero-order chi connectivity index (χ0) is 14.4. The summed E-state index contributed by atoms with van der Waals surface area (Å²) in [4.78, 5) is 14.1. The highest BCUT2D eigenvalue weighted by Gasteiger charge is 2.17. The lowest BCUT2D eigenvalue weighted by Gasteiger charge is -2.26. The molecule has 1 aromatic carbocycles. The second kappa shape index (κ2) is 7.65. The van der Waals surface area contributed by atoms with E-state index in [0.717, 1.165) is 12.5 Å². The maximum absolute atomic E-state index is 12.0. The van der Waals surface area contributed by atoms with Crippen LogP contribution in [0.25, 0.3) is 0 Å². The highest BCUT2D eigenvalue weighted by atomic mass is 35.5. The van der Waals surface area contributed by atoms with Crippen molar-refractivity contribution >= 4 is 23.2 Å². The minimum absolute atomic E-state index is 0.00332. The number of nitrogens with zero attached hydrogens (tertiary/aromatic N) is 1. The average molecular weight is 295 g/mol. The molecule has 1 aliphatic carbocycles. The predicted molar refractivity (Wildman–Crippen MR) is 84.2 cm³/mol. The lowest BCUT2D eigenvalue weighted by atomic mass is 9.89. The van der Waals surface area contributed by atoms with Gasteiger partial charge >= 0.3 is 0 Å². The van der Waals surface area contributed by atoms with Crippen molar-refractivity contribution in [3.05, 3.63) is 29.3 Å². The van der Waals surface area contributed by atoms with Gasteiger partial charge in [0.2, 0.25) is 5.91 Å². The van der Waals surface area contributed by atoms with Crippen LogP contribution in [0.2, 0.25) is 5.02 Å². The third kappa shape index (κ3) is 4.80. The van der Waals surface area contributed by atoms with Gasteiger partial charge in [-0.2, -0.15) is 0 Å². The Morgan fingerprint density at radius 3 is 2.70 bits per heavy atom. The molecule has 0 unspecified atom stereocenters. The number of carbonyl (C=O) groups is 1. The van der Waals surface area contributed by atoms with Crippen LogP contribution in [0, 0.1) is 5.92 Å². The van der Waals surface area contributed by atoms with E-state index in [9.17, 15) is 4.79 Å². The Morgan fingerprint density at radius 2 is 2.00 bits per heavy atom. The summed E-state index contributed by atoms with van der Waals surface area (Å²) < 4.78 is 0. The zero-order valence-electron chi connectivity index (χ0n) is 12.1. The third-order valence-electron chi connectivity index (χ3n) is 3.86. The van der Waals surface area contributed by atoms with E-state index in [4.69, 9.17) is 11.6 Å². The van der Waals surface area contributed by atoms with Crippen molar-refractivity contribution in [1.29, 1.82) is 0 Å². The SMILES string of the molecule is CN(CC(=O)Nc1ccccc1Cl)CC1CCCCC1. The van der Waals surface area contributed by atoms with Crippen LogP contribution in [0.5, 0.6) is 0 Å². The number of para-hydroxylation sites is 1. The van der Waals surface area contributed by atoms with E-state index >= 15 is 0 Å². The van der Waals surface area contributed by atoms with Gasteiger partial charge in [-0.15, -0.1) is 0 Å². The van der Waals surface area contributed by atoms with Crippen LogP contribution in [-0.4, -0.2) is 30.9 Å². The standard InChI is InChI=1S/C16H23ClN2O/c1-19(11-13-7-3-2-4-8-13)12-16(20)18-15-10-6-5-9-14(15)17/h5-6,9-10,13H,2-4,7-8,11-12H2,1H3,(H,18,20). The third-order valence-corrected chi connectivity index (χ3v) is 4.19. The smallest absolute Gasteiger partial charge is 0.238 e. The van der Waals surface area contributed by atoms with Crippen LogP contribution in [-0.2, 0) is 4.79 Å². The molecule has 3 nitrogen and oxygen atoms in total. The van der Waals surface area contributed by atoms with Crippen LogP contribution < -0.4 is 5.32 Å². The van der Waals surface area contributed by atoms with Gasteiger partial charge < -0.3 is 5.32 Å². The molecular formula is C16H23ClN2O. The van der Waals surface area contributed by atoms with E-state index < -0.39 is 0 Å². The fourth-order valence-corrected chi connectivity index (χ4v) is 3.06. The Hall–Kier alpha value is -1.06. The van der Waals surface area contributed by atoms with Gasteiger partial charge in [0, 0.05) is 6.54 Å². The van der Waals surface area contributed by atoms with Crippen LogP contribution in [0.4, 0.5) is 5.69 Å². The molecule has 1 saturated carbocycles. The monoisotopic (exact) mass is 294 g/mol. The van der Waals surface area contributed by atoms with Crippen LogP contribution >= 0.6 is 11.6 Å². The Bertz CT molecular complexity index is 444. The summed E-state index contributed by atoms with van der Waals surface area (Å²) in [5.74, 6) is 0.748. The molecule has 0 radical (unpaired) electrons. The first-order chi connectivity index (χ1) is 9.65. The normalized spacial score (nSPS) is 16.4. The first-order valence-corrected chi connectivity index (χ1v) is 7.76. The van der Waals surface area contributed by atoms with Crippen molar-refractivity contribution < 1.29 is 4.79 Å². The maximum Gasteiger partial charge on any atom is 0.238 e. The quantitative estimate of drug-likeness (QED) is 0.896. The topological polar surface area (TPSA) is 32.3 Å². The number of hydrogen-bond acceptors (Lipinski definition) is 2. The molecule has 2 rings (SSSR count). The van der Waals surface area contributed by atoms with Crippen molar-refractivity contribution in [2.24, 2.45) is 5.92 Å². The second-order valence-corrected chi connectivity index (χ2v) is 6.14. The number of halogens is 1. The van der Waals surface area contributed by atoms with E-state index in [2.05, 4.69) is 10.2 Å². The molecule has 1 fully saturated rings. The first kappa shape index (κ1) is 15.3. The molecule has 0 aliphatic heterocycles. The van der Waals surface area contributed by atoms with Gasteiger partial charge in [-0.3, -0.25) is 9.69 Å². The van der Waals surface area contributed by atoms with Gasteiger partial charge in [0.15, 0.2) is 0 Å². The highest BCUT2D eigenvalue weighted by Crippen LogP contribution is 2.24. The van der Waals surface area contributed by atoms with E-state index in [1.54, 1.807) is 6.07 Å². The second-order valence-electron chi connectivity index (χ2n) is 5.73. The van der Waals surface area contributed by atoms with Gasteiger partial charge in [-0.05, 0) is 37.9 Å². The fourth-order valence-electron chi connectivity index (χ4n) is 2.87. The molecule has 0 aromatic heterocycles. The van der Waals surface area contributed by atoms with E-state index in [0.29, 0.717) is 17.3 Å². The van der Waals surface area contributed by atoms with Crippen molar-refractivity contribution in [2.75, 3.05) is 25.5 Å². The predicted octanol–water partition coefficient (Wildman–Crippen LogP) is 3.79. The van der Waals surface area contributed by atoms with Crippen LogP contribution in [0.15, 0.2) is 24.3 Å². The number of anilines is 1. The van der Waals surface area contributed by atoms with Gasteiger partial charge in [-0.25, -0.2) is 0 Å². The Balaban J connectivity index is 1.77. The molecular weight excluding hydrogens is 272 g/mol. The molecule has 1 N–H and O–H groups in total. The number of rotatable bonds is 5. The molecule has 0 bridgehead atoms. The minimum Gasteiger partial charge on any atom is -0.324 e. The van der Waals surface area contributed by atoms with Gasteiger partial charge in [-0.1, -0.05) is 43.0 Å². The van der Waals surface area contributed by atoms with Gasteiger partial charge in [0.25, 0.3) is 0 Å². The van der Waals surface area contributed by atoms with Crippen LogP contribution in [0.1, 0.15) is 32.1 Å². The van der Waals surface area contributed by atoms with Crippen LogP contribution in [0.3, 0.4) is 0 Å². The summed E-state index contributed by atoms with van der Waals surface area (Å²) in [6.07, 6.45) is 6.65. The van der Waals surface area contributed by atoms with Crippen molar-refractivity contribution in [3.8, 4) is 0 Å². The largest absolute Gasteiger partial charge is 0.324 e. The van der Waals surface area contributed by atoms with Crippen molar-refractivity contribution in [1.82, 2.24) is 4.90 Å². The average Bonchev–Trinajstić information content (AvgIpc) is 2.42. The molecule has 0 heterocycles. The number of nitrogens with one attached hydrogen (secondary N) is 1. The fraction of sp³-hybridized carbons (Fsp3) is 0.562. The summed E-state index contributed by atoms with van der Waals surface area (Å²) in [6.45, 7) is 1.43. The van der Waals surface area contributed by atoms with E-state index in [-0.39, 0.29) is 5.91 Å². The van der Waals surface area contributed by atoms with Crippen molar-refractivity contribution in [2.45, 2.75) is 32.1 Å². The number of carbonyl (C=O) groups excluding carboxylic acids is 1. The molecule has 20 heavy (non-hydrogen) atoms. The summed E-state index contributed by atoms with van der Waals surface area (Å²) >= 11 is 6.03. The molecule has 0 atom stereocenters. The molecule has 0 saturated heterocycles. The molecule has 1 amide bonds. The van der Waals surface area contributed by atoms with E-state index in [1.165, 1.54) is 32.1 Å². The Kier molecular flexibility index (Phi) is 5.86. The maximum atomic E-state index is 12.0. The summed E-state index contributed by atoms with van der Waals surface area (Å²) in [5, 5.41) is 3.45. The minimum atomic E-state index is -0.00332. The van der Waals surface area contributed by atoms with E-state index in [1.807, 2.05) is 25.2 Å². The Morgan fingerprint density at radius 1 is 1.30 bits per heavy atom. The Labute approximate surface area is 126 Å². The van der Waals surface area contributed by atoms with Crippen molar-refractivity contribution in [3.63, 3.8) is 0 Å². The zero-order valence-corrected chi connectivity index (χ0v) is 12.8. The summed E-state index contributed by atoms with van der Waals surface area (Å²) in [7, 11) is 2.01. The molecule has 110 valence electrons.